The van der Waals surface area contributed by atoms with Gasteiger partial charge in [-0.3, -0.25) is 4.79 Å². The van der Waals surface area contributed by atoms with Crippen LogP contribution < -0.4 is 4.90 Å². The molecule has 25 heavy (non-hydrogen) atoms. The third kappa shape index (κ3) is 3.08. The fraction of sp³-hybridized carbons (Fsp3) is 0.174. The average molecular weight is 327 g/mol. The summed E-state index contributed by atoms with van der Waals surface area (Å²) in [5.41, 5.74) is 7.09. The molecule has 0 N–H and O–H groups in total. The van der Waals surface area contributed by atoms with E-state index in [0.29, 0.717) is 5.56 Å². The summed E-state index contributed by atoms with van der Waals surface area (Å²) in [7, 11) is 0. The van der Waals surface area contributed by atoms with Gasteiger partial charge in [0.15, 0.2) is 0 Å². The zero-order chi connectivity index (χ0) is 17.1. The van der Waals surface area contributed by atoms with E-state index in [1.54, 1.807) is 0 Å². The largest absolute Gasteiger partial charge is 0.310 e. The Bertz CT molecular complexity index is 868. The van der Waals surface area contributed by atoms with Crippen molar-refractivity contribution in [3.8, 4) is 0 Å². The molecular formula is C23H21NO. The molecule has 0 spiro atoms. The van der Waals surface area contributed by atoms with Gasteiger partial charge in [0, 0.05) is 22.6 Å². The van der Waals surface area contributed by atoms with Crippen molar-refractivity contribution in [2.24, 2.45) is 0 Å². The van der Waals surface area contributed by atoms with Crippen LogP contribution in [0.4, 0.5) is 17.1 Å². The monoisotopic (exact) mass is 327 g/mol. The predicted octanol–water partition coefficient (Wildman–Crippen LogP) is 5.85. The van der Waals surface area contributed by atoms with Gasteiger partial charge in [0.2, 0.25) is 0 Å². The zero-order valence-corrected chi connectivity index (χ0v) is 14.2. The maximum Gasteiger partial charge on any atom is 0.150 e. The fourth-order valence-electron chi connectivity index (χ4n) is 3.68. The molecule has 124 valence electrons. The number of carbonyl (C=O) groups is 1. The predicted molar refractivity (Wildman–Crippen MR) is 103 cm³/mol. The van der Waals surface area contributed by atoms with Crippen molar-refractivity contribution in [3.63, 3.8) is 0 Å². The quantitative estimate of drug-likeness (QED) is 0.560. The number of hydrogen-bond donors (Lipinski definition) is 0. The summed E-state index contributed by atoms with van der Waals surface area (Å²) in [6, 6.07) is 24.9. The number of aldehydes is 1. The second-order valence-electron chi connectivity index (χ2n) is 6.50. The number of fused-ring (bicyclic) bond motifs is 1. The molecule has 3 aromatic carbocycles. The number of rotatable bonds is 4. The normalized spacial score (nSPS) is 13.1. The average Bonchev–Trinajstić information content (AvgIpc) is 2.70. The van der Waals surface area contributed by atoms with Crippen molar-refractivity contribution in [2.75, 3.05) is 4.90 Å². The van der Waals surface area contributed by atoms with Gasteiger partial charge in [0.05, 0.1) is 0 Å². The van der Waals surface area contributed by atoms with E-state index in [-0.39, 0.29) is 0 Å². The molecule has 0 heterocycles. The fourth-order valence-corrected chi connectivity index (χ4v) is 3.68. The number of aryl methyl sites for hydroxylation is 1. The third-order valence-electron chi connectivity index (χ3n) is 4.91. The Morgan fingerprint density at radius 2 is 1.44 bits per heavy atom. The van der Waals surface area contributed by atoms with Gasteiger partial charge in [-0.1, -0.05) is 30.3 Å². The summed E-state index contributed by atoms with van der Waals surface area (Å²) < 4.78 is 0. The molecular weight excluding hydrogens is 306 g/mol. The lowest BCUT2D eigenvalue weighted by Gasteiger charge is -2.30. The highest BCUT2D eigenvalue weighted by Gasteiger charge is 2.19. The zero-order valence-electron chi connectivity index (χ0n) is 14.2. The van der Waals surface area contributed by atoms with Gasteiger partial charge in [-0.05, 0) is 79.3 Å². The van der Waals surface area contributed by atoms with Crippen LogP contribution in [0.3, 0.4) is 0 Å². The molecule has 0 fully saturated rings. The van der Waals surface area contributed by atoms with Crippen LogP contribution in [0.2, 0.25) is 0 Å². The summed E-state index contributed by atoms with van der Waals surface area (Å²) >= 11 is 0. The highest BCUT2D eigenvalue weighted by atomic mass is 16.1. The number of benzene rings is 3. The SMILES string of the molecule is O=Cc1ccc(N(c2ccccc2)c2cccc3c2CCCC3)cc1. The van der Waals surface area contributed by atoms with Gasteiger partial charge in [-0.25, -0.2) is 0 Å². The van der Waals surface area contributed by atoms with Crippen LogP contribution in [-0.4, -0.2) is 6.29 Å². The molecule has 0 radical (unpaired) electrons. The maximum atomic E-state index is 11.0. The van der Waals surface area contributed by atoms with Crippen molar-refractivity contribution in [2.45, 2.75) is 25.7 Å². The van der Waals surface area contributed by atoms with Crippen LogP contribution in [-0.2, 0) is 12.8 Å². The number of hydrogen-bond acceptors (Lipinski definition) is 2. The first kappa shape index (κ1) is 15.6. The van der Waals surface area contributed by atoms with Crippen molar-refractivity contribution >= 4 is 23.3 Å². The lowest BCUT2D eigenvalue weighted by Crippen LogP contribution is -2.15. The lowest BCUT2D eigenvalue weighted by molar-refractivity contribution is 0.112. The number of anilines is 3. The highest BCUT2D eigenvalue weighted by molar-refractivity contribution is 5.81. The molecule has 1 aliphatic rings. The van der Waals surface area contributed by atoms with Gasteiger partial charge in [0.25, 0.3) is 0 Å². The summed E-state index contributed by atoms with van der Waals surface area (Å²) in [5.74, 6) is 0. The van der Waals surface area contributed by atoms with E-state index >= 15 is 0 Å². The van der Waals surface area contributed by atoms with E-state index in [4.69, 9.17) is 0 Å². The first-order valence-electron chi connectivity index (χ1n) is 8.88. The molecule has 0 atom stereocenters. The number of carbonyl (C=O) groups excluding carboxylic acids is 1. The summed E-state index contributed by atoms with van der Waals surface area (Å²) in [6.45, 7) is 0. The van der Waals surface area contributed by atoms with Gasteiger partial charge >= 0.3 is 0 Å². The van der Waals surface area contributed by atoms with Crippen molar-refractivity contribution < 1.29 is 4.79 Å². The van der Waals surface area contributed by atoms with Crippen LogP contribution in [0.15, 0.2) is 72.8 Å². The molecule has 0 bridgehead atoms. The summed E-state index contributed by atoms with van der Waals surface area (Å²) in [5, 5.41) is 0. The summed E-state index contributed by atoms with van der Waals surface area (Å²) in [6.07, 6.45) is 5.70. The van der Waals surface area contributed by atoms with E-state index in [0.717, 1.165) is 30.5 Å². The van der Waals surface area contributed by atoms with E-state index in [1.807, 2.05) is 30.3 Å². The molecule has 0 unspecified atom stereocenters. The van der Waals surface area contributed by atoms with Crippen molar-refractivity contribution in [1.82, 2.24) is 0 Å². The minimum absolute atomic E-state index is 0.701. The molecule has 0 saturated carbocycles. The van der Waals surface area contributed by atoms with E-state index in [2.05, 4.69) is 47.4 Å². The Balaban J connectivity index is 1.88. The van der Waals surface area contributed by atoms with Crippen LogP contribution in [0.1, 0.15) is 34.3 Å². The highest BCUT2D eigenvalue weighted by Crippen LogP contribution is 2.39. The second-order valence-corrected chi connectivity index (χ2v) is 6.50. The molecule has 2 heteroatoms. The third-order valence-corrected chi connectivity index (χ3v) is 4.91. The Kier molecular flexibility index (Phi) is 4.34. The second kappa shape index (κ2) is 6.94. The minimum atomic E-state index is 0.701. The van der Waals surface area contributed by atoms with E-state index in [9.17, 15) is 4.79 Å². The first-order valence-corrected chi connectivity index (χ1v) is 8.88. The van der Waals surface area contributed by atoms with E-state index in [1.165, 1.54) is 29.7 Å². The molecule has 1 aliphatic carbocycles. The van der Waals surface area contributed by atoms with Crippen molar-refractivity contribution in [3.05, 3.63) is 89.5 Å². The molecule has 0 saturated heterocycles. The van der Waals surface area contributed by atoms with E-state index < -0.39 is 0 Å². The Morgan fingerprint density at radius 1 is 0.720 bits per heavy atom. The molecule has 2 nitrogen and oxygen atoms in total. The molecule has 0 aromatic heterocycles. The van der Waals surface area contributed by atoms with Gasteiger partial charge in [-0.2, -0.15) is 0 Å². The van der Waals surface area contributed by atoms with Crippen LogP contribution in [0, 0.1) is 0 Å². The Morgan fingerprint density at radius 3 is 2.20 bits per heavy atom. The van der Waals surface area contributed by atoms with Crippen LogP contribution >= 0.6 is 0 Å². The van der Waals surface area contributed by atoms with Gasteiger partial charge in [0.1, 0.15) is 6.29 Å². The Labute approximate surface area is 148 Å². The van der Waals surface area contributed by atoms with Crippen LogP contribution in [0.5, 0.6) is 0 Å². The minimum Gasteiger partial charge on any atom is -0.310 e. The van der Waals surface area contributed by atoms with Crippen LogP contribution in [0.25, 0.3) is 0 Å². The molecule has 3 aromatic rings. The molecule has 0 aliphatic heterocycles. The van der Waals surface area contributed by atoms with Crippen molar-refractivity contribution in [1.29, 1.82) is 0 Å². The Hall–Kier alpha value is -2.87. The first-order chi connectivity index (χ1) is 12.4. The number of nitrogens with zero attached hydrogens (tertiary/aromatic N) is 1. The lowest BCUT2D eigenvalue weighted by atomic mass is 9.90. The molecule has 4 rings (SSSR count). The van der Waals surface area contributed by atoms with Gasteiger partial charge in [-0.15, -0.1) is 0 Å². The van der Waals surface area contributed by atoms with Gasteiger partial charge < -0.3 is 4.90 Å². The number of para-hydroxylation sites is 1. The molecule has 0 amide bonds. The summed E-state index contributed by atoms with van der Waals surface area (Å²) in [4.78, 5) is 13.3. The topological polar surface area (TPSA) is 20.3 Å². The smallest absolute Gasteiger partial charge is 0.150 e. The standard InChI is InChI=1S/C23H21NO/c25-17-18-13-15-21(16-14-18)24(20-9-2-1-3-10-20)23-12-6-8-19-7-4-5-11-22(19)23/h1-3,6,8-10,12-17H,4-5,7,11H2. The maximum absolute atomic E-state index is 11.0.